The summed E-state index contributed by atoms with van der Waals surface area (Å²) in [7, 11) is 2.67. The molecule has 26 heavy (non-hydrogen) atoms. The first-order valence-electron chi connectivity index (χ1n) is 8.74. The van der Waals surface area contributed by atoms with Gasteiger partial charge >= 0.3 is 17.9 Å². The van der Waals surface area contributed by atoms with Gasteiger partial charge in [0.2, 0.25) is 0 Å². The van der Waals surface area contributed by atoms with Crippen molar-refractivity contribution in [3.63, 3.8) is 0 Å². The Morgan fingerprint density at radius 1 is 1.12 bits per heavy atom. The number of fused-ring (bicyclic) bond motifs is 3. The average molecular weight is 360 g/mol. The quantitative estimate of drug-likeness (QED) is 0.834. The molecular weight excluding hydrogens is 336 g/mol. The second kappa shape index (κ2) is 6.11. The number of hydrogen-bond donors (Lipinski definition) is 1. The first kappa shape index (κ1) is 18.4. The van der Waals surface area contributed by atoms with Crippen molar-refractivity contribution >= 4 is 17.9 Å². The topological polar surface area (TPSA) is 89.9 Å². The second-order valence-electron chi connectivity index (χ2n) is 7.77. The van der Waals surface area contributed by atoms with E-state index in [2.05, 4.69) is 6.92 Å². The largest absolute Gasteiger partial charge is 0.478 e. The third-order valence-electron chi connectivity index (χ3n) is 6.45. The van der Waals surface area contributed by atoms with Crippen molar-refractivity contribution < 1.29 is 29.0 Å². The third-order valence-corrected chi connectivity index (χ3v) is 6.45. The van der Waals surface area contributed by atoms with Crippen LogP contribution >= 0.6 is 0 Å². The molecule has 4 atom stereocenters. The maximum Gasteiger partial charge on any atom is 0.335 e. The molecule has 0 aromatic heterocycles. The van der Waals surface area contributed by atoms with Crippen LogP contribution in [-0.2, 0) is 24.5 Å². The maximum atomic E-state index is 12.7. The lowest BCUT2D eigenvalue weighted by Gasteiger charge is -2.48. The van der Waals surface area contributed by atoms with Crippen LogP contribution in [0.2, 0.25) is 0 Å². The molecule has 1 aromatic rings. The first-order valence-corrected chi connectivity index (χ1v) is 8.74. The lowest BCUT2D eigenvalue weighted by Crippen LogP contribution is -2.51. The molecule has 1 aromatic carbocycles. The third kappa shape index (κ3) is 2.35. The minimum absolute atomic E-state index is 0.125. The molecule has 2 aliphatic carbocycles. The SMILES string of the molecule is COC(=O)C1c2cc(C(=O)O)ccc2C2(C)CCCC(C)(C(=O)OC)C12. The Hall–Kier alpha value is -2.37. The zero-order chi connectivity index (χ0) is 19.3. The van der Waals surface area contributed by atoms with Gasteiger partial charge in [0.05, 0.1) is 31.1 Å². The van der Waals surface area contributed by atoms with Gasteiger partial charge in [-0.25, -0.2) is 4.79 Å². The van der Waals surface area contributed by atoms with E-state index in [1.807, 2.05) is 6.92 Å². The van der Waals surface area contributed by atoms with Crippen molar-refractivity contribution in [2.45, 2.75) is 44.4 Å². The molecule has 1 saturated carbocycles. The highest BCUT2D eigenvalue weighted by atomic mass is 16.5. The van der Waals surface area contributed by atoms with E-state index in [1.165, 1.54) is 14.2 Å². The van der Waals surface area contributed by atoms with Gasteiger partial charge in [0.1, 0.15) is 0 Å². The van der Waals surface area contributed by atoms with Gasteiger partial charge in [-0.1, -0.05) is 19.4 Å². The smallest absolute Gasteiger partial charge is 0.335 e. The van der Waals surface area contributed by atoms with Crippen molar-refractivity contribution in [1.29, 1.82) is 0 Å². The summed E-state index contributed by atoms with van der Waals surface area (Å²) in [5.41, 5.74) is 0.439. The summed E-state index contributed by atoms with van der Waals surface area (Å²) >= 11 is 0. The van der Waals surface area contributed by atoms with Crippen LogP contribution in [0, 0.1) is 11.3 Å². The molecule has 6 heteroatoms. The number of aromatic carboxylic acids is 1. The summed E-state index contributed by atoms with van der Waals surface area (Å²) in [4.78, 5) is 36.9. The van der Waals surface area contributed by atoms with Crippen LogP contribution in [0.15, 0.2) is 18.2 Å². The molecule has 0 heterocycles. The highest BCUT2D eigenvalue weighted by Crippen LogP contribution is 2.63. The minimum Gasteiger partial charge on any atom is -0.478 e. The molecule has 140 valence electrons. The van der Waals surface area contributed by atoms with Gasteiger partial charge in [-0.05, 0) is 48.4 Å². The zero-order valence-electron chi connectivity index (χ0n) is 15.5. The monoisotopic (exact) mass is 360 g/mol. The number of ether oxygens (including phenoxy) is 2. The molecule has 3 rings (SSSR count). The summed E-state index contributed by atoms with van der Waals surface area (Å²) < 4.78 is 10.1. The van der Waals surface area contributed by atoms with Crippen molar-refractivity contribution in [3.8, 4) is 0 Å². The Morgan fingerprint density at radius 3 is 2.38 bits per heavy atom. The van der Waals surface area contributed by atoms with Crippen molar-refractivity contribution in [1.82, 2.24) is 0 Å². The molecule has 0 amide bonds. The molecule has 1 fully saturated rings. The molecule has 0 saturated heterocycles. The van der Waals surface area contributed by atoms with Crippen molar-refractivity contribution in [2.24, 2.45) is 11.3 Å². The Morgan fingerprint density at radius 2 is 1.81 bits per heavy atom. The highest BCUT2D eigenvalue weighted by molar-refractivity contribution is 5.90. The van der Waals surface area contributed by atoms with Crippen molar-refractivity contribution in [3.05, 3.63) is 34.9 Å². The first-order chi connectivity index (χ1) is 12.2. The molecule has 0 spiro atoms. The van der Waals surface area contributed by atoms with Crippen LogP contribution in [0.5, 0.6) is 0 Å². The van der Waals surface area contributed by atoms with Crippen LogP contribution in [-0.4, -0.2) is 37.2 Å². The Kier molecular flexibility index (Phi) is 4.33. The predicted octanol–water partition coefficient (Wildman–Crippen LogP) is 2.89. The van der Waals surface area contributed by atoms with E-state index in [9.17, 15) is 19.5 Å². The van der Waals surface area contributed by atoms with Crippen LogP contribution in [0.4, 0.5) is 0 Å². The summed E-state index contributed by atoms with van der Waals surface area (Å²) in [6.07, 6.45) is 2.26. The van der Waals surface area contributed by atoms with Gasteiger partial charge in [0.25, 0.3) is 0 Å². The predicted molar refractivity (Wildman–Crippen MR) is 93.0 cm³/mol. The molecule has 6 nitrogen and oxygen atoms in total. The van der Waals surface area contributed by atoms with E-state index in [1.54, 1.807) is 18.2 Å². The van der Waals surface area contributed by atoms with Gasteiger partial charge < -0.3 is 14.6 Å². The lowest BCUT2D eigenvalue weighted by molar-refractivity contribution is -0.164. The normalized spacial score (nSPS) is 32.3. The molecule has 2 aliphatic rings. The van der Waals surface area contributed by atoms with Crippen molar-refractivity contribution in [2.75, 3.05) is 14.2 Å². The van der Waals surface area contributed by atoms with Crippen LogP contribution < -0.4 is 0 Å². The summed E-state index contributed by atoms with van der Waals surface area (Å²) in [6, 6.07) is 4.91. The van der Waals surface area contributed by atoms with Gasteiger partial charge in [0.15, 0.2) is 0 Å². The summed E-state index contributed by atoms with van der Waals surface area (Å²) in [5.74, 6) is -2.87. The fourth-order valence-electron chi connectivity index (χ4n) is 5.38. The Bertz CT molecular complexity index is 785. The number of methoxy groups -OCH3 is 2. The molecule has 0 radical (unpaired) electrons. The van der Waals surface area contributed by atoms with E-state index in [-0.39, 0.29) is 17.5 Å². The van der Waals surface area contributed by atoms with Crippen LogP contribution in [0.3, 0.4) is 0 Å². The van der Waals surface area contributed by atoms with Gasteiger partial charge in [0, 0.05) is 5.92 Å². The summed E-state index contributed by atoms with van der Waals surface area (Å²) in [5, 5.41) is 9.36. The Balaban J connectivity index is 2.26. The molecule has 0 bridgehead atoms. The van der Waals surface area contributed by atoms with E-state index >= 15 is 0 Å². The number of carboxylic acid groups (broad SMARTS) is 1. The van der Waals surface area contributed by atoms with E-state index in [0.29, 0.717) is 12.0 Å². The zero-order valence-corrected chi connectivity index (χ0v) is 15.5. The summed E-state index contributed by atoms with van der Waals surface area (Å²) in [6.45, 7) is 3.90. The lowest BCUT2D eigenvalue weighted by atomic mass is 9.54. The average Bonchev–Trinajstić information content (AvgIpc) is 2.90. The number of rotatable bonds is 3. The van der Waals surface area contributed by atoms with E-state index in [0.717, 1.165) is 18.4 Å². The number of carbonyl (C=O) groups is 3. The van der Waals surface area contributed by atoms with Gasteiger partial charge in [-0.15, -0.1) is 0 Å². The fraction of sp³-hybridized carbons (Fsp3) is 0.550. The van der Waals surface area contributed by atoms with Crippen LogP contribution in [0.1, 0.15) is 60.5 Å². The van der Waals surface area contributed by atoms with E-state index < -0.39 is 28.7 Å². The number of carbonyl (C=O) groups excluding carboxylic acids is 2. The fourth-order valence-corrected chi connectivity index (χ4v) is 5.38. The molecule has 1 N–H and O–H groups in total. The molecule has 0 aliphatic heterocycles. The molecule has 4 unspecified atom stereocenters. The number of esters is 2. The number of benzene rings is 1. The maximum absolute atomic E-state index is 12.7. The Labute approximate surface area is 152 Å². The minimum atomic E-state index is -1.05. The van der Waals surface area contributed by atoms with Gasteiger partial charge in [-0.3, -0.25) is 9.59 Å². The van der Waals surface area contributed by atoms with E-state index in [4.69, 9.17) is 9.47 Å². The second-order valence-corrected chi connectivity index (χ2v) is 7.77. The number of carboxylic acids is 1. The highest BCUT2D eigenvalue weighted by Gasteiger charge is 2.63. The standard InChI is InChI=1S/C20H24O6/c1-19-8-5-9-20(2,18(24)26-4)15(19)14(17(23)25-3)12-10-11(16(21)22)6-7-13(12)19/h6-7,10,14-15H,5,8-9H2,1-4H3,(H,21,22). The van der Waals surface area contributed by atoms with Gasteiger partial charge in [-0.2, -0.15) is 0 Å². The number of hydrogen-bond acceptors (Lipinski definition) is 5. The van der Waals surface area contributed by atoms with Crippen LogP contribution in [0.25, 0.3) is 0 Å². The molecular formula is C20H24O6.